The number of hydrogen-bond donors (Lipinski definition) is 0. The van der Waals surface area contributed by atoms with Gasteiger partial charge < -0.3 is 0 Å². The van der Waals surface area contributed by atoms with E-state index in [2.05, 4.69) is 4.18 Å². The zero-order valence-corrected chi connectivity index (χ0v) is 9.36. The lowest BCUT2D eigenvalue weighted by Crippen LogP contribution is -2.21. The van der Waals surface area contributed by atoms with Gasteiger partial charge in [0.05, 0.1) is 4.92 Å². The van der Waals surface area contributed by atoms with Crippen molar-refractivity contribution in [1.82, 2.24) is 0 Å². The fraction of sp³-hybridized carbons (Fsp3) is 0.250. The minimum absolute atomic E-state index is 0.383. The number of alkyl halides is 3. The Labute approximate surface area is 99.3 Å². The SMILES string of the molecule is O=[N+]([O-])c1ccccc1CS(=O)(=O)OC(F)(F)F. The molecule has 0 N–H and O–H groups in total. The van der Waals surface area contributed by atoms with Crippen molar-refractivity contribution < 1.29 is 30.7 Å². The van der Waals surface area contributed by atoms with Crippen molar-refractivity contribution >= 4 is 15.8 Å². The number of hydrogen-bond acceptors (Lipinski definition) is 5. The quantitative estimate of drug-likeness (QED) is 0.479. The Kier molecular flexibility index (Phi) is 3.92. The third-order valence-corrected chi connectivity index (χ3v) is 2.85. The zero-order valence-electron chi connectivity index (χ0n) is 8.55. The molecule has 0 spiro atoms. The lowest BCUT2D eigenvalue weighted by atomic mass is 10.2. The van der Waals surface area contributed by atoms with E-state index >= 15 is 0 Å². The van der Waals surface area contributed by atoms with Crippen molar-refractivity contribution in [2.24, 2.45) is 0 Å². The number of halogens is 3. The van der Waals surface area contributed by atoms with Crippen LogP contribution in [0.5, 0.6) is 0 Å². The van der Waals surface area contributed by atoms with E-state index in [1.807, 2.05) is 0 Å². The van der Waals surface area contributed by atoms with E-state index in [-0.39, 0.29) is 5.56 Å². The van der Waals surface area contributed by atoms with Crippen LogP contribution in [0.2, 0.25) is 0 Å². The molecule has 6 nitrogen and oxygen atoms in total. The number of nitrogens with zero attached hydrogens (tertiary/aromatic N) is 1. The first kappa shape index (κ1) is 14.4. The number of benzene rings is 1. The van der Waals surface area contributed by atoms with Crippen LogP contribution in [0.1, 0.15) is 5.56 Å². The monoisotopic (exact) mass is 285 g/mol. The van der Waals surface area contributed by atoms with Crippen molar-refractivity contribution in [2.45, 2.75) is 12.1 Å². The van der Waals surface area contributed by atoms with Crippen LogP contribution < -0.4 is 0 Å². The van der Waals surface area contributed by atoms with E-state index in [0.717, 1.165) is 12.1 Å². The maximum Gasteiger partial charge on any atom is 0.537 e. The molecule has 0 unspecified atom stereocenters. The molecular formula is C8H6F3NO5S. The largest absolute Gasteiger partial charge is 0.537 e. The van der Waals surface area contributed by atoms with Crippen LogP contribution in [-0.2, 0) is 20.1 Å². The molecule has 1 aromatic rings. The highest BCUT2D eigenvalue weighted by Gasteiger charge is 2.37. The summed E-state index contributed by atoms with van der Waals surface area (Å²) in [6.45, 7) is 0. The minimum Gasteiger partial charge on any atom is -0.258 e. The van der Waals surface area contributed by atoms with Crippen molar-refractivity contribution in [3.05, 3.63) is 39.9 Å². The topological polar surface area (TPSA) is 86.5 Å². The first-order valence-corrected chi connectivity index (χ1v) is 5.91. The van der Waals surface area contributed by atoms with Gasteiger partial charge in [0.2, 0.25) is 0 Å². The molecule has 0 heterocycles. The van der Waals surface area contributed by atoms with Crippen LogP contribution in [0.4, 0.5) is 18.9 Å². The van der Waals surface area contributed by atoms with E-state index in [4.69, 9.17) is 0 Å². The van der Waals surface area contributed by atoms with Crippen LogP contribution in [0, 0.1) is 10.1 Å². The third kappa shape index (κ3) is 4.30. The smallest absolute Gasteiger partial charge is 0.258 e. The molecule has 100 valence electrons. The zero-order chi connectivity index (χ0) is 14.0. The summed E-state index contributed by atoms with van der Waals surface area (Å²) in [4.78, 5) is 9.65. The summed E-state index contributed by atoms with van der Waals surface area (Å²) < 4.78 is 60.3. The van der Waals surface area contributed by atoms with Gasteiger partial charge >= 0.3 is 6.36 Å². The Hall–Kier alpha value is -1.68. The number of para-hydroxylation sites is 1. The van der Waals surface area contributed by atoms with Gasteiger partial charge in [0.25, 0.3) is 15.8 Å². The van der Waals surface area contributed by atoms with E-state index in [1.54, 1.807) is 0 Å². The molecule has 0 amide bonds. The molecule has 0 fully saturated rings. The number of nitro benzene ring substituents is 1. The molecule has 0 saturated heterocycles. The summed E-state index contributed by atoms with van der Waals surface area (Å²) >= 11 is 0. The van der Waals surface area contributed by atoms with Gasteiger partial charge in [-0.2, -0.15) is 12.6 Å². The molecule has 0 aromatic heterocycles. The molecular weight excluding hydrogens is 279 g/mol. The van der Waals surface area contributed by atoms with Crippen molar-refractivity contribution in [2.75, 3.05) is 0 Å². The molecule has 0 aliphatic rings. The van der Waals surface area contributed by atoms with E-state index in [1.165, 1.54) is 12.1 Å². The summed E-state index contributed by atoms with van der Waals surface area (Å²) in [6.07, 6.45) is -5.36. The molecule has 0 aliphatic heterocycles. The highest BCUT2D eigenvalue weighted by atomic mass is 32.2. The van der Waals surface area contributed by atoms with Gasteiger partial charge in [-0.3, -0.25) is 10.1 Å². The average molecular weight is 285 g/mol. The van der Waals surface area contributed by atoms with Gasteiger partial charge in [-0.15, -0.1) is 13.2 Å². The van der Waals surface area contributed by atoms with E-state index in [0.29, 0.717) is 0 Å². The standard InChI is InChI=1S/C8H6F3NO5S/c9-8(10,11)17-18(15,16)5-6-3-1-2-4-7(6)12(13)14/h1-4H,5H2. The van der Waals surface area contributed by atoms with Crippen molar-refractivity contribution in [3.63, 3.8) is 0 Å². The first-order valence-electron chi connectivity index (χ1n) is 4.33. The van der Waals surface area contributed by atoms with E-state index < -0.39 is 32.8 Å². The molecule has 0 atom stereocenters. The number of rotatable bonds is 4. The molecule has 0 saturated carbocycles. The maximum atomic E-state index is 11.8. The average Bonchev–Trinajstić information content (AvgIpc) is 2.13. The van der Waals surface area contributed by atoms with Gasteiger partial charge in [-0.1, -0.05) is 18.2 Å². The van der Waals surface area contributed by atoms with Crippen LogP contribution in [-0.4, -0.2) is 19.7 Å². The molecule has 0 bridgehead atoms. The second-order valence-corrected chi connectivity index (χ2v) is 4.69. The Morgan fingerprint density at radius 1 is 1.28 bits per heavy atom. The summed E-state index contributed by atoms with van der Waals surface area (Å²) in [7, 11) is -4.98. The lowest BCUT2D eigenvalue weighted by molar-refractivity contribution is -0.385. The molecule has 10 heteroatoms. The normalized spacial score (nSPS) is 12.4. The fourth-order valence-electron chi connectivity index (χ4n) is 1.17. The second-order valence-electron chi connectivity index (χ2n) is 3.12. The fourth-order valence-corrected chi connectivity index (χ4v) is 2.15. The van der Waals surface area contributed by atoms with Crippen LogP contribution in [0.25, 0.3) is 0 Å². The molecule has 0 aliphatic carbocycles. The minimum atomic E-state index is -5.36. The van der Waals surface area contributed by atoms with Gasteiger partial charge in [-0.25, -0.2) is 0 Å². The van der Waals surface area contributed by atoms with Gasteiger partial charge in [-0.05, 0) is 0 Å². The number of nitro groups is 1. The van der Waals surface area contributed by atoms with Crippen molar-refractivity contribution in [1.29, 1.82) is 0 Å². The van der Waals surface area contributed by atoms with Gasteiger partial charge in [0.15, 0.2) is 0 Å². The van der Waals surface area contributed by atoms with Gasteiger partial charge in [0, 0.05) is 11.6 Å². The second kappa shape index (κ2) is 4.90. The summed E-state index contributed by atoms with van der Waals surface area (Å²) in [5, 5.41) is 10.5. The van der Waals surface area contributed by atoms with Crippen molar-refractivity contribution in [3.8, 4) is 0 Å². The predicted molar refractivity (Wildman–Crippen MR) is 52.9 cm³/mol. The molecule has 1 aromatic carbocycles. The van der Waals surface area contributed by atoms with Gasteiger partial charge in [0.1, 0.15) is 5.75 Å². The Bertz CT molecular complexity index is 554. The van der Waals surface area contributed by atoms with Crippen LogP contribution in [0.3, 0.4) is 0 Å². The summed E-state index contributed by atoms with van der Waals surface area (Å²) in [5.41, 5.74) is -0.974. The Balaban J connectivity index is 3.02. The Morgan fingerprint density at radius 2 is 1.83 bits per heavy atom. The molecule has 1 rings (SSSR count). The third-order valence-electron chi connectivity index (χ3n) is 1.74. The molecule has 18 heavy (non-hydrogen) atoms. The molecule has 0 radical (unpaired) electrons. The van der Waals surface area contributed by atoms with Crippen LogP contribution in [0.15, 0.2) is 24.3 Å². The predicted octanol–water partition coefficient (Wildman–Crippen LogP) is 1.96. The summed E-state index contributed by atoms with van der Waals surface area (Å²) in [5.74, 6) is -1.23. The Morgan fingerprint density at radius 3 is 2.33 bits per heavy atom. The highest BCUT2D eigenvalue weighted by molar-refractivity contribution is 7.85. The van der Waals surface area contributed by atoms with Crippen LogP contribution >= 0.6 is 0 Å². The summed E-state index contributed by atoms with van der Waals surface area (Å²) in [6, 6.07) is 4.55. The first-order chi connectivity index (χ1) is 8.11. The highest BCUT2D eigenvalue weighted by Crippen LogP contribution is 2.25. The van der Waals surface area contributed by atoms with E-state index in [9.17, 15) is 31.7 Å². The maximum absolute atomic E-state index is 11.8. The lowest BCUT2D eigenvalue weighted by Gasteiger charge is -2.07.